The number of hydrogen-bond acceptors (Lipinski definition) is 7. The van der Waals surface area contributed by atoms with Crippen molar-refractivity contribution in [1.82, 2.24) is 20.1 Å². The van der Waals surface area contributed by atoms with Gasteiger partial charge in [-0.05, 0) is 0 Å². The first-order valence-electron chi connectivity index (χ1n) is 4.80. The molecule has 3 N–H and O–H groups in total. The monoisotopic (exact) mass is 250 g/mol. The van der Waals surface area contributed by atoms with Crippen LogP contribution in [0, 0.1) is 6.92 Å². The molecule has 88 valence electrons. The fraction of sp³-hybridized carbons (Fsp3) is 0.222. The summed E-state index contributed by atoms with van der Waals surface area (Å²) in [7, 11) is 0. The average molecular weight is 250 g/mol. The first-order valence-corrected chi connectivity index (χ1v) is 5.21. The minimum absolute atomic E-state index is 0.220. The van der Waals surface area contributed by atoms with Gasteiger partial charge in [0.05, 0.1) is 18.9 Å². The van der Waals surface area contributed by atoms with Crippen LogP contribution in [0.15, 0.2) is 16.9 Å². The second kappa shape index (κ2) is 4.83. The standard InChI is InChI=1S/C9H10N6OS/c1-5-14-8(15-16-5)4-13-7-3-11-6(2-12-7)9(10)17/h2-3H,4H2,1H3,(H2,10,17)(H,12,13). The first-order chi connectivity index (χ1) is 8.15. The quantitative estimate of drug-likeness (QED) is 0.752. The third kappa shape index (κ3) is 2.94. The van der Waals surface area contributed by atoms with E-state index in [0.29, 0.717) is 29.8 Å². The molecule has 2 heterocycles. The Labute approximate surface area is 102 Å². The highest BCUT2D eigenvalue weighted by atomic mass is 32.1. The number of nitrogens with two attached hydrogens (primary N) is 1. The molecule has 0 fully saturated rings. The number of nitrogens with one attached hydrogen (secondary N) is 1. The molecule has 2 aromatic rings. The van der Waals surface area contributed by atoms with Gasteiger partial charge >= 0.3 is 0 Å². The van der Waals surface area contributed by atoms with E-state index < -0.39 is 0 Å². The minimum atomic E-state index is 0.220. The van der Waals surface area contributed by atoms with Crippen LogP contribution in [-0.4, -0.2) is 25.1 Å². The van der Waals surface area contributed by atoms with Crippen LogP contribution in [0.1, 0.15) is 17.4 Å². The Morgan fingerprint density at radius 1 is 1.47 bits per heavy atom. The second-order valence-electron chi connectivity index (χ2n) is 3.23. The lowest BCUT2D eigenvalue weighted by Crippen LogP contribution is -2.12. The highest BCUT2D eigenvalue weighted by Crippen LogP contribution is 2.03. The molecular formula is C9H10N6OS. The second-order valence-corrected chi connectivity index (χ2v) is 3.67. The topological polar surface area (TPSA) is 103 Å². The number of thiocarbonyl (C=S) groups is 1. The van der Waals surface area contributed by atoms with Gasteiger partial charge in [-0.15, -0.1) is 0 Å². The fourth-order valence-corrected chi connectivity index (χ4v) is 1.23. The van der Waals surface area contributed by atoms with Crippen molar-refractivity contribution in [1.29, 1.82) is 0 Å². The van der Waals surface area contributed by atoms with Gasteiger partial charge in [0.25, 0.3) is 0 Å². The zero-order valence-corrected chi connectivity index (χ0v) is 9.86. The van der Waals surface area contributed by atoms with Crippen LogP contribution in [0.5, 0.6) is 0 Å². The molecule has 2 rings (SSSR count). The Bertz CT molecular complexity index is 523. The predicted octanol–water partition coefficient (Wildman–Crippen LogP) is 0.414. The minimum Gasteiger partial charge on any atom is -0.388 e. The van der Waals surface area contributed by atoms with Crippen molar-refractivity contribution >= 4 is 23.0 Å². The summed E-state index contributed by atoms with van der Waals surface area (Å²) < 4.78 is 4.83. The highest BCUT2D eigenvalue weighted by Gasteiger charge is 2.03. The number of nitrogens with zero attached hydrogens (tertiary/aromatic N) is 4. The van der Waals surface area contributed by atoms with Gasteiger partial charge in [0, 0.05) is 6.92 Å². The average Bonchev–Trinajstić information content (AvgIpc) is 2.73. The molecule has 0 saturated carbocycles. The SMILES string of the molecule is Cc1nc(CNc2cnc(C(N)=S)cn2)no1. The Balaban J connectivity index is 1.97. The molecule has 0 aliphatic rings. The molecular weight excluding hydrogens is 240 g/mol. The van der Waals surface area contributed by atoms with Gasteiger partial charge in [-0.2, -0.15) is 4.98 Å². The van der Waals surface area contributed by atoms with Crippen molar-refractivity contribution in [2.45, 2.75) is 13.5 Å². The van der Waals surface area contributed by atoms with Gasteiger partial charge in [0.1, 0.15) is 16.5 Å². The Morgan fingerprint density at radius 2 is 2.29 bits per heavy atom. The van der Waals surface area contributed by atoms with E-state index in [1.54, 1.807) is 13.1 Å². The molecule has 8 heteroatoms. The first kappa shape index (κ1) is 11.4. The lowest BCUT2D eigenvalue weighted by molar-refractivity contribution is 0.388. The van der Waals surface area contributed by atoms with E-state index in [2.05, 4.69) is 25.4 Å². The van der Waals surface area contributed by atoms with Crippen LogP contribution in [0.3, 0.4) is 0 Å². The smallest absolute Gasteiger partial charge is 0.223 e. The molecule has 0 aliphatic carbocycles. The Kier molecular flexibility index (Phi) is 3.24. The number of aromatic nitrogens is 4. The lowest BCUT2D eigenvalue weighted by atomic mass is 10.4. The molecule has 0 aliphatic heterocycles. The molecule has 0 amide bonds. The Morgan fingerprint density at radius 3 is 2.82 bits per heavy atom. The van der Waals surface area contributed by atoms with E-state index >= 15 is 0 Å². The van der Waals surface area contributed by atoms with Gasteiger partial charge in [0.2, 0.25) is 5.89 Å². The summed E-state index contributed by atoms with van der Waals surface area (Å²) in [5.74, 6) is 1.67. The number of rotatable bonds is 4. The van der Waals surface area contributed by atoms with Crippen molar-refractivity contribution in [2.24, 2.45) is 5.73 Å². The molecule has 0 radical (unpaired) electrons. The zero-order chi connectivity index (χ0) is 12.3. The molecule has 2 aromatic heterocycles. The van der Waals surface area contributed by atoms with E-state index in [1.807, 2.05) is 0 Å². The maximum absolute atomic E-state index is 5.41. The zero-order valence-electron chi connectivity index (χ0n) is 9.04. The van der Waals surface area contributed by atoms with E-state index in [-0.39, 0.29) is 4.99 Å². The van der Waals surface area contributed by atoms with Crippen molar-refractivity contribution < 1.29 is 4.52 Å². The van der Waals surface area contributed by atoms with Gasteiger partial charge in [-0.3, -0.25) is 0 Å². The van der Waals surface area contributed by atoms with Crippen LogP contribution < -0.4 is 11.1 Å². The largest absolute Gasteiger partial charge is 0.388 e. The maximum Gasteiger partial charge on any atom is 0.223 e. The van der Waals surface area contributed by atoms with Gasteiger partial charge in [-0.1, -0.05) is 17.4 Å². The maximum atomic E-state index is 5.41. The fourth-order valence-electron chi connectivity index (χ4n) is 1.13. The molecule has 7 nitrogen and oxygen atoms in total. The van der Waals surface area contributed by atoms with E-state index in [4.69, 9.17) is 22.5 Å². The molecule has 0 atom stereocenters. The summed E-state index contributed by atoms with van der Waals surface area (Å²) in [5.41, 5.74) is 5.89. The van der Waals surface area contributed by atoms with E-state index in [1.165, 1.54) is 6.20 Å². The van der Waals surface area contributed by atoms with Gasteiger partial charge in [-0.25, -0.2) is 9.97 Å². The van der Waals surface area contributed by atoms with Crippen LogP contribution in [0.4, 0.5) is 5.82 Å². The number of hydrogen-bond donors (Lipinski definition) is 2. The van der Waals surface area contributed by atoms with Gasteiger partial charge in [0.15, 0.2) is 5.82 Å². The van der Waals surface area contributed by atoms with Crippen LogP contribution >= 0.6 is 12.2 Å². The molecule has 0 spiro atoms. The predicted molar refractivity (Wildman–Crippen MR) is 64.3 cm³/mol. The van der Waals surface area contributed by atoms with Gasteiger partial charge < -0.3 is 15.6 Å². The summed E-state index contributed by atoms with van der Waals surface area (Å²) in [5, 5.41) is 6.74. The van der Waals surface area contributed by atoms with Crippen molar-refractivity contribution in [2.75, 3.05) is 5.32 Å². The molecule has 17 heavy (non-hydrogen) atoms. The van der Waals surface area contributed by atoms with Crippen LogP contribution in [0.2, 0.25) is 0 Å². The van der Waals surface area contributed by atoms with Crippen LogP contribution in [0.25, 0.3) is 0 Å². The number of anilines is 1. The van der Waals surface area contributed by atoms with Crippen molar-refractivity contribution in [3.05, 3.63) is 29.8 Å². The Hall–Kier alpha value is -2.09. The van der Waals surface area contributed by atoms with E-state index in [0.717, 1.165) is 0 Å². The molecule has 0 aromatic carbocycles. The van der Waals surface area contributed by atoms with Crippen LogP contribution in [-0.2, 0) is 6.54 Å². The molecule has 0 saturated heterocycles. The third-order valence-corrected chi connectivity index (χ3v) is 2.11. The summed E-state index contributed by atoms with van der Waals surface area (Å²) in [6, 6.07) is 0. The van der Waals surface area contributed by atoms with Crippen molar-refractivity contribution in [3.63, 3.8) is 0 Å². The molecule has 0 unspecified atom stereocenters. The third-order valence-electron chi connectivity index (χ3n) is 1.90. The lowest BCUT2D eigenvalue weighted by Gasteiger charge is -2.02. The molecule has 0 bridgehead atoms. The van der Waals surface area contributed by atoms with Crippen molar-refractivity contribution in [3.8, 4) is 0 Å². The summed E-state index contributed by atoms with van der Waals surface area (Å²) in [4.78, 5) is 12.4. The summed E-state index contributed by atoms with van der Waals surface area (Å²) in [6.45, 7) is 2.14. The summed E-state index contributed by atoms with van der Waals surface area (Å²) in [6.07, 6.45) is 3.05. The number of aryl methyl sites for hydroxylation is 1. The van der Waals surface area contributed by atoms with E-state index in [9.17, 15) is 0 Å². The normalized spacial score (nSPS) is 10.2. The highest BCUT2D eigenvalue weighted by molar-refractivity contribution is 7.80. The summed E-state index contributed by atoms with van der Waals surface area (Å²) >= 11 is 4.77.